The minimum atomic E-state index is -1.24. The maximum atomic E-state index is 14.1. The van der Waals surface area contributed by atoms with Crippen LogP contribution >= 0.6 is 0 Å². The zero-order chi connectivity index (χ0) is 20.0. The lowest BCUT2D eigenvalue weighted by Gasteiger charge is -2.07. The number of nitrogens with zero attached hydrogens (tertiary/aromatic N) is 4. The Bertz CT molecular complexity index is 1190. The first-order valence-electron chi connectivity index (χ1n) is 8.35. The van der Waals surface area contributed by atoms with Crippen LogP contribution in [0.2, 0.25) is 0 Å². The number of rotatable bonds is 3. The molecule has 0 aliphatic rings. The Morgan fingerprint density at radius 2 is 1.57 bits per heavy atom. The van der Waals surface area contributed by atoms with E-state index in [1.54, 1.807) is 31.2 Å². The van der Waals surface area contributed by atoms with Crippen molar-refractivity contribution in [3.05, 3.63) is 70.7 Å². The fourth-order valence-corrected chi connectivity index (χ4v) is 2.95. The Kier molecular flexibility index (Phi) is 4.14. The fraction of sp³-hybridized carbons (Fsp3) is 0.105. The molecule has 0 bridgehead atoms. The van der Waals surface area contributed by atoms with Gasteiger partial charge >= 0.3 is 0 Å². The highest BCUT2D eigenvalue weighted by molar-refractivity contribution is 5.83. The molecule has 142 valence electrons. The van der Waals surface area contributed by atoms with Crippen LogP contribution in [0.1, 0.15) is 16.8 Å². The molecule has 0 amide bonds. The van der Waals surface area contributed by atoms with Gasteiger partial charge in [-0.1, -0.05) is 18.2 Å². The van der Waals surface area contributed by atoms with Crippen LogP contribution < -0.4 is 11.5 Å². The standard InChI is InChI=1S/C19H15F3N6/c1-9-17(23)25-19(26-18(9)24)28-15-5-3-2-4-10(15)14(27-28)8-11-12(20)6-7-13(21)16(11)22/h2-7H,8H2,1H3,(H4,23,24,25,26). The van der Waals surface area contributed by atoms with Crippen molar-refractivity contribution in [3.8, 4) is 5.95 Å². The summed E-state index contributed by atoms with van der Waals surface area (Å²) in [5.41, 5.74) is 12.8. The van der Waals surface area contributed by atoms with E-state index >= 15 is 0 Å². The quantitative estimate of drug-likeness (QED) is 0.529. The minimum absolute atomic E-state index is 0.128. The predicted molar refractivity (Wildman–Crippen MR) is 99.3 cm³/mol. The van der Waals surface area contributed by atoms with Crippen molar-refractivity contribution in [2.24, 2.45) is 0 Å². The molecule has 0 atom stereocenters. The van der Waals surface area contributed by atoms with Crippen LogP contribution in [0.5, 0.6) is 0 Å². The molecule has 2 heterocycles. The average Bonchev–Trinajstić information content (AvgIpc) is 3.05. The van der Waals surface area contributed by atoms with Crippen LogP contribution in [0.4, 0.5) is 24.8 Å². The SMILES string of the molecule is Cc1c(N)nc(-n2nc(Cc3c(F)ccc(F)c3F)c3ccccc32)nc1N. The van der Waals surface area contributed by atoms with Crippen molar-refractivity contribution in [3.63, 3.8) is 0 Å². The number of aromatic nitrogens is 4. The monoisotopic (exact) mass is 384 g/mol. The van der Waals surface area contributed by atoms with Gasteiger partial charge in [0.1, 0.15) is 17.5 Å². The molecule has 0 aliphatic carbocycles. The second kappa shape index (κ2) is 6.52. The van der Waals surface area contributed by atoms with Crippen LogP contribution in [0.3, 0.4) is 0 Å². The van der Waals surface area contributed by atoms with E-state index in [0.717, 1.165) is 12.1 Å². The number of nitrogens with two attached hydrogens (primary N) is 2. The molecule has 9 heteroatoms. The number of anilines is 2. The highest BCUT2D eigenvalue weighted by Crippen LogP contribution is 2.26. The van der Waals surface area contributed by atoms with Crippen LogP contribution in [0, 0.1) is 24.4 Å². The normalized spacial score (nSPS) is 11.3. The zero-order valence-corrected chi connectivity index (χ0v) is 14.7. The van der Waals surface area contributed by atoms with E-state index in [4.69, 9.17) is 11.5 Å². The van der Waals surface area contributed by atoms with Gasteiger partial charge < -0.3 is 11.5 Å². The number of benzene rings is 2. The Balaban J connectivity index is 1.90. The summed E-state index contributed by atoms with van der Waals surface area (Å²) in [6.07, 6.45) is -0.250. The van der Waals surface area contributed by atoms with Gasteiger partial charge in [0.05, 0.1) is 11.2 Å². The summed E-state index contributed by atoms with van der Waals surface area (Å²) in [4.78, 5) is 8.41. The lowest BCUT2D eigenvalue weighted by atomic mass is 10.1. The maximum absolute atomic E-state index is 14.1. The molecular formula is C19H15F3N6. The van der Waals surface area contributed by atoms with Crippen molar-refractivity contribution in [2.45, 2.75) is 13.3 Å². The van der Waals surface area contributed by atoms with Gasteiger partial charge in [0.15, 0.2) is 11.6 Å². The summed E-state index contributed by atoms with van der Waals surface area (Å²) in [5, 5.41) is 5.02. The summed E-state index contributed by atoms with van der Waals surface area (Å²) in [7, 11) is 0. The molecule has 2 aromatic heterocycles. The molecule has 6 nitrogen and oxygen atoms in total. The maximum Gasteiger partial charge on any atom is 0.255 e. The first kappa shape index (κ1) is 17.8. The van der Waals surface area contributed by atoms with Gasteiger partial charge in [0, 0.05) is 22.9 Å². The first-order valence-corrected chi connectivity index (χ1v) is 8.35. The van der Waals surface area contributed by atoms with Gasteiger partial charge in [0.2, 0.25) is 0 Å². The summed E-state index contributed by atoms with van der Waals surface area (Å²) in [6, 6.07) is 8.65. The van der Waals surface area contributed by atoms with Gasteiger partial charge in [-0.25, -0.2) is 13.2 Å². The van der Waals surface area contributed by atoms with Crippen molar-refractivity contribution in [2.75, 3.05) is 11.5 Å². The number of nitrogen functional groups attached to an aromatic ring is 2. The first-order chi connectivity index (χ1) is 13.4. The van der Waals surface area contributed by atoms with Gasteiger partial charge in [0.25, 0.3) is 5.95 Å². The molecule has 0 radical (unpaired) electrons. The average molecular weight is 384 g/mol. The summed E-state index contributed by atoms with van der Waals surface area (Å²) in [5.74, 6) is -2.68. The zero-order valence-electron chi connectivity index (χ0n) is 14.7. The van der Waals surface area contributed by atoms with Gasteiger partial charge in [-0.3, -0.25) is 0 Å². The second-order valence-corrected chi connectivity index (χ2v) is 6.29. The molecule has 0 saturated heterocycles. The second-order valence-electron chi connectivity index (χ2n) is 6.29. The Morgan fingerprint density at radius 3 is 2.29 bits per heavy atom. The highest BCUT2D eigenvalue weighted by atomic mass is 19.2. The third kappa shape index (κ3) is 2.81. The van der Waals surface area contributed by atoms with Crippen molar-refractivity contribution >= 4 is 22.5 Å². The number of halogens is 3. The number of hydrogen-bond donors (Lipinski definition) is 2. The van der Waals surface area contributed by atoms with Crippen LogP contribution in [-0.2, 0) is 6.42 Å². The van der Waals surface area contributed by atoms with E-state index in [1.165, 1.54) is 4.68 Å². The van der Waals surface area contributed by atoms with E-state index < -0.39 is 23.0 Å². The largest absolute Gasteiger partial charge is 0.383 e. The van der Waals surface area contributed by atoms with Crippen molar-refractivity contribution in [1.29, 1.82) is 0 Å². The highest BCUT2D eigenvalue weighted by Gasteiger charge is 2.20. The molecule has 0 spiro atoms. The van der Waals surface area contributed by atoms with E-state index in [9.17, 15) is 13.2 Å². The smallest absolute Gasteiger partial charge is 0.255 e. The predicted octanol–water partition coefficient (Wildman–Crippen LogP) is 3.30. The van der Waals surface area contributed by atoms with Crippen LogP contribution in [-0.4, -0.2) is 19.7 Å². The molecular weight excluding hydrogens is 369 g/mol. The Hall–Kier alpha value is -3.62. The third-order valence-corrected chi connectivity index (χ3v) is 4.55. The number of fused-ring (bicyclic) bond motifs is 1. The third-order valence-electron chi connectivity index (χ3n) is 4.55. The molecule has 0 unspecified atom stereocenters. The summed E-state index contributed by atoms with van der Waals surface area (Å²) >= 11 is 0. The summed E-state index contributed by atoms with van der Waals surface area (Å²) < 4.78 is 43.2. The Labute approximate surface area is 157 Å². The fourth-order valence-electron chi connectivity index (χ4n) is 2.95. The minimum Gasteiger partial charge on any atom is -0.383 e. The van der Waals surface area contributed by atoms with E-state index in [0.29, 0.717) is 22.2 Å². The van der Waals surface area contributed by atoms with E-state index in [-0.39, 0.29) is 24.0 Å². The van der Waals surface area contributed by atoms with E-state index in [2.05, 4.69) is 15.1 Å². The molecule has 4 aromatic rings. The molecule has 0 saturated carbocycles. The molecule has 0 fully saturated rings. The number of hydrogen-bond acceptors (Lipinski definition) is 5. The summed E-state index contributed by atoms with van der Waals surface area (Å²) in [6.45, 7) is 1.69. The molecule has 0 aliphatic heterocycles. The molecule has 4 rings (SSSR count). The number of para-hydroxylation sites is 1. The van der Waals surface area contributed by atoms with Crippen molar-refractivity contribution < 1.29 is 13.2 Å². The van der Waals surface area contributed by atoms with Gasteiger partial charge in [-0.15, -0.1) is 0 Å². The van der Waals surface area contributed by atoms with Crippen molar-refractivity contribution in [1.82, 2.24) is 19.7 Å². The molecule has 4 N–H and O–H groups in total. The lowest BCUT2D eigenvalue weighted by Crippen LogP contribution is -2.10. The lowest BCUT2D eigenvalue weighted by molar-refractivity contribution is 0.482. The van der Waals surface area contributed by atoms with E-state index in [1.807, 2.05) is 0 Å². The molecule has 28 heavy (non-hydrogen) atoms. The van der Waals surface area contributed by atoms with Gasteiger partial charge in [-0.05, 0) is 25.1 Å². The topological polar surface area (TPSA) is 95.6 Å². The van der Waals surface area contributed by atoms with Crippen LogP contribution in [0.15, 0.2) is 36.4 Å². The Morgan fingerprint density at radius 1 is 0.929 bits per heavy atom. The van der Waals surface area contributed by atoms with Gasteiger partial charge in [-0.2, -0.15) is 19.7 Å². The van der Waals surface area contributed by atoms with Crippen LogP contribution in [0.25, 0.3) is 16.9 Å². The molecule has 2 aromatic carbocycles.